The second-order valence-corrected chi connectivity index (χ2v) is 9.38. The fourth-order valence-electron chi connectivity index (χ4n) is 2.92. The van der Waals surface area contributed by atoms with Crippen LogP contribution in [0.25, 0.3) is 0 Å². The minimum Gasteiger partial charge on any atom is -0.480 e. The zero-order valence-electron chi connectivity index (χ0n) is 18.7. The van der Waals surface area contributed by atoms with Gasteiger partial charge >= 0.3 is 12.1 Å². The monoisotopic (exact) mass is 521 g/mol. The largest absolute Gasteiger partial charge is 0.480 e. The van der Waals surface area contributed by atoms with Crippen LogP contribution in [-0.2, 0) is 16.0 Å². The first-order valence-corrected chi connectivity index (χ1v) is 11.2. The third-order valence-corrected chi connectivity index (χ3v) is 4.99. The Labute approximate surface area is 200 Å². The number of amides is 2. The van der Waals surface area contributed by atoms with Gasteiger partial charge in [0.1, 0.15) is 17.2 Å². The van der Waals surface area contributed by atoms with Crippen LogP contribution in [0, 0.1) is 0 Å². The lowest BCUT2D eigenvalue weighted by atomic mass is 10.1. The maximum absolute atomic E-state index is 12.5. The van der Waals surface area contributed by atoms with E-state index >= 15 is 0 Å². The lowest BCUT2D eigenvalue weighted by molar-refractivity contribution is -0.139. The van der Waals surface area contributed by atoms with Gasteiger partial charge in [0.2, 0.25) is 0 Å². The van der Waals surface area contributed by atoms with E-state index in [1.54, 1.807) is 26.8 Å². The number of aromatic nitrogens is 1. The van der Waals surface area contributed by atoms with Crippen LogP contribution in [0.5, 0.6) is 0 Å². The Hall–Kier alpha value is -3.14. The number of hydrogen-bond acceptors (Lipinski definition) is 5. The first-order valence-electron chi connectivity index (χ1n) is 10.4. The molecule has 33 heavy (non-hydrogen) atoms. The SMILES string of the molecule is CC(C)(C)OC(=O)NCCC[C@H](NC(=O)c1ccc(Cc2ccc(Br)cc2)[nH]c1=O)C(=O)O. The fraction of sp³-hybridized carbons (Fsp3) is 0.391. The highest BCUT2D eigenvalue weighted by atomic mass is 79.9. The van der Waals surface area contributed by atoms with Gasteiger partial charge in [-0.3, -0.25) is 9.59 Å². The number of rotatable bonds is 9. The predicted molar refractivity (Wildman–Crippen MR) is 126 cm³/mol. The highest BCUT2D eigenvalue weighted by Gasteiger charge is 2.22. The Bertz CT molecular complexity index is 1040. The normalized spacial score (nSPS) is 12.0. The molecule has 1 heterocycles. The van der Waals surface area contributed by atoms with Gasteiger partial charge in [0.05, 0.1) is 0 Å². The van der Waals surface area contributed by atoms with Crippen molar-refractivity contribution >= 4 is 33.9 Å². The van der Waals surface area contributed by atoms with Crippen LogP contribution in [-0.4, -0.2) is 46.2 Å². The molecule has 0 saturated heterocycles. The number of ether oxygens (including phenoxy) is 1. The van der Waals surface area contributed by atoms with E-state index in [1.807, 2.05) is 24.3 Å². The molecule has 0 spiro atoms. The molecule has 0 unspecified atom stereocenters. The van der Waals surface area contributed by atoms with E-state index in [1.165, 1.54) is 6.07 Å². The molecule has 0 radical (unpaired) electrons. The highest BCUT2D eigenvalue weighted by Crippen LogP contribution is 2.13. The number of carbonyl (C=O) groups is 3. The molecule has 4 N–H and O–H groups in total. The van der Waals surface area contributed by atoms with Crippen LogP contribution in [0.1, 0.15) is 55.2 Å². The van der Waals surface area contributed by atoms with Gasteiger partial charge in [-0.25, -0.2) is 9.59 Å². The smallest absolute Gasteiger partial charge is 0.407 e. The molecule has 0 aliphatic rings. The van der Waals surface area contributed by atoms with Crippen molar-refractivity contribution in [2.24, 2.45) is 0 Å². The first-order chi connectivity index (χ1) is 15.4. The number of alkyl carbamates (subject to hydrolysis) is 1. The molecular formula is C23H28BrN3O6. The van der Waals surface area contributed by atoms with E-state index in [2.05, 4.69) is 31.5 Å². The average Bonchev–Trinajstić information content (AvgIpc) is 2.70. The first kappa shape index (κ1) is 26.1. The van der Waals surface area contributed by atoms with Crippen molar-refractivity contribution in [3.05, 3.63) is 68.0 Å². The molecule has 1 aromatic carbocycles. The number of aliphatic carboxylic acids is 1. The summed E-state index contributed by atoms with van der Waals surface area (Å²) in [6.07, 6.45) is 0.232. The van der Waals surface area contributed by atoms with Gasteiger partial charge in [0.15, 0.2) is 0 Å². The number of halogens is 1. The number of hydrogen-bond donors (Lipinski definition) is 4. The van der Waals surface area contributed by atoms with Gasteiger partial charge in [0.25, 0.3) is 11.5 Å². The molecule has 10 heteroatoms. The summed E-state index contributed by atoms with van der Waals surface area (Å²) in [7, 11) is 0. The number of H-pyrrole nitrogens is 1. The van der Waals surface area contributed by atoms with Crippen molar-refractivity contribution in [3.8, 4) is 0 Å². The molecule has 0 aliphatic carbocycles. The van der Waals surface area contributed by atoms with E-state index in [-0.39, 0.29) is 18.5 Å². The Morgan fingerprint density at radius 2 is 1.79 bits per heavy atom. The second-order valence-electron chi connectivity index (χ2n) is 8.46. The van der Waals surface area contributed by atoms with Gasteiger partial charge in [-0.1, -0.05) is 28.1 Å². The number of carboxylic acid groups (broad SMARTS) is 1. The number of carbonyl (C=O) groups excluding carboxylic acids is 2. The molecular weight excluding hydrogens is 494 g/mol. The summed E-state index contributed by atoms with van der Waals surface area (Å²) < 4.78 is 6.05. The van der Waals surface area contributed by atoms with Crippen LogP contribution in [0.3, 0.4) is 0 Å². The minimum atomic E-state index is -1.23. The van der Waals surface area contributed by atoms with Crippen molar-refractivity contribution in [1.82, 2.24) is 15.6 Å². The van der Waals surface area contributed by atoms with Gasteiger partial charge in [0, 0.05) is 23.1 Å². The summed E-state index contributed by atoms with van der Waals surface area (Å²) in [5.41, 5.74) is 0.201. The summed E-state index contributed by atoms with van der Waals surface area (Å²) in [5, 5.41) is 14.3. The highest BCUT2D eigenvalue weighted by molar-refractivity contribution is 9.10. The van der Waals surface area contributed by atoms with E-state index in [0.29, 0.717) is 18.5 Å². The van der Waals surface area contributed by atoms with E-state index < -0.39 is 35.2 Å². The van der Waals surface area contributed by atoms with Crippen LogP contribution < -0.4 is 16.2 Å². The molecule has 0 bridgehead atoms. The van der Waals surface area contributed by atoms with Crippen LogP contribution >= 0.6 is 15.9 Å². The lowest BCUT2D eigenvalue weighted by Gasteiger charge is -2.20. The van der Waals surface area contributed by atoms with E-state index in [4.69, 9.17) is 4.74 Å². The average molecular weight is 522 g/mol. The summed E-state index contributed by atoms with van der Waals surface area (Å²) in [6.45, 7) is 5.38. The van der Waals surface area contributed by atoms with Gasteiger partial charge in [-0.15, -0.1) is 0 Å². The maximum Gasteiger partial charge on any atom is 0.407 e. The Morgan fingerprint density at radius 1 is 1.12 bits per heavy atom. The molecule has 2 rings (SSSR count). The molecule has 0 fully saturated rings. The number of pyridine rings is 1. The molecule has 0 saturated carbocycles. The molecule has 2 amide bonds. The van der Waals surface area contributed by atoms with Crippen molar-refractivity contribution in [2.45, 2.75) is 51.7 Å². The summed E-state index contributed by atoms with van der Waals surface area (Å²) >= 11 is 3.37. The Kier molecular flexibility index (Phi) is 9.22. The fourth-order valence-corrected chi connectivity index (χ4v) is 3.19. The Balaban J connectivity index is 1.92. The summed E-state index contributed by atoms with van der Waals surface area (Å²) in [4.78, 5) is 50.7. The standard InChI is InChI=1S/C23H28BrN3O6/c1-23(2,3)33-22(32)25-12-4-5-18(21(30)31)27-20(29)17-11-10-16(26-19(17)28)13-14-6-8-15(24)9-7-14/h6-11,18H,4-5,12-13H2,1-3H3,(H,25,32)(H,26,28)(H,27,29)(H,30,31)/t18-/m0/s1. The number of aromatic amines is 1. The molecule has 9 nitrogen and oxygen atoms in total. The van der Waals surface area contributed by atoms with Gasteiger partial charge < -0.3 is 25.5 Å². The second kappa shape index (κ2) is 11.6. The van der Waals surface area contributed by atoms with Crippen molar-refractivity contribution < 1.29 is 24.2 Å². The number of carboxylic acids is 1. The van der Waals surface area contributed by atoms with Crippen LogP contribution in [0.2, 0.25) is 0 Å². The topological polar surface area (TPSA) is 138 Å². The molecule has 1 aromatic heterocycles. The molecule has 0 aliphatic heterocycles. The van der Waals surface area contributed by atoms with Crippen molar-refractivity contribution in [3.63, 3.8) is 0 Å². The number of nitrogens with one attached hydrogen (secondary N) is 3. The third-order valence-electron chi connectivity index (χ3n) is 4.46. The lowest BCUT2D eigenvalue weighted by Crippen LogP contribution is -2.43. The zero-order valence-corrected chi connectivity index (χ0v) is 20.3. The summed E-state index contributed by atoms with van der Waals surface area (Å²) in [6, 6.07) is 9.41. The van der Waals surface area contributed by atoms with E-state index in [0.717, 1.165) is 10.0 Å². The van der Waals surface area contributed by atoms with Crippen LogP contribution in [0.15, 0.2) is 45.7 Å². The Morgan fingerprint density at radius 3 is 2.36 bits per heavy atom. The van der Waals surface area contributed by atoms with E-state index in [9.17, 15) is 24.3 Å². The zero-order chi connectivity index (χ0) is 24.6. The maximum atomic E-state index is 12.5. The molecule has 2 aromatic rings. The quantitative estimate of drug-likeness (QED) is 0.374. The van der Waals surface area contributed by atoms with Gasteiger partial charge in [-0.2, -0.15) is 0 Å². The third kappa shape index (κ3) is 9.09. The van der Waals surface area contributed by atoms with Crippen molar-refractivity contribution in [1.29, 1.82) is 0 Å². The van der Waals surface area contributed by atoms with Crippen molar-refractivity contribution in [2.75, 3.05) is 6.54 Å². The van der Waals surface area contributed by atoms with Gasteiger partial charge in [-0.05, 0) is 63.4 Å². The predicted octanol–water partition coefficient (Wildman–Crippen LogP) is 3.22. The van der Waals surface area contributed by atoms with Crippen LogP contribution in [0.4, 0.5) is 4.79 Å². The summed E-state index contributed by atoms with van der Waals surface area (Å²) in [5.74, 6) is -2.01. The molecule has 178 valence electrons. The molecule has 1 atom stereocenters. The number of benzene rings is 1. The minimum absolute atomic E-state index is 0.0659.